The summed E-state index contributed by atoms with van der Waals surface area (Å²) in [5, 5.41) is 24.4. The van der Waals surface area contributed by atoms with Crippen LogP contribution in [0, 0.1) is 10.1 Å². The highest BCUT2D eigenvalue weighted by molar-refractivity contribution is 7.99. The van der Waals surface area contributed by atoms with Crippen molar-refractivity contribution in [2.24, 2.45) is 5.10 Å². The molecule has 1 amide bonds. The number of hydrogen-bond donors (Lipinski definition) is 1. The minimum absolute atomic E-state index is 0.0424. The van der Waals surface area contributed by atoms with Crippen LogP contribution in [0.15, 0.2) is 89.1 Å². The second kappa shape index (κ2) is 12.6. The maximum absolute atomic E-state index is 12.5. The Hall–Kier alpha value is -4.51. The summed E-state index contributed by atoms with van der Waals surface area (Å²) in [6.07, 6.45) is 1.60. The van der Waals surface area contributed by atoms with Crippen LogP contribution in [0.4, 0.5) is 11.4 Å². The molecule has 0 saturated carbocycles. The van der Waals surface area contributed by atoms with Crippen LogP contribution < -0.4 is 10.3 Å². The first-order chi connectivity index (χ1) is 18.5. The summed E-state index contributed by atoms with van der Waals surface area (Å²) >= 11 is 1.20. The van der Waals surface area contributed by atoms with Crippen molar-refractivity contribution in [3.63, 3.8) is 0 Å². The lowest BCUT2D eigenvalue weighted by atomic mass is 10.2. The Morgan fingerprint density at radius 3 is 2.47 bits per heavy atom. The van der Waals surface area contributed by atoms with Gasteiger partial charge < -0.3 is 4.90 Å². The zero-order valence-corrected chi connectivity index (χ0v) is 21.8. The van der Waals surface area contributed by atoms with E-state index in [1.165, 1.54) is 23.9 Å². The highest BCUT2D eigenvalue weighted by Crippen LogP contribution is 2.29. The number of nitrogens with zero attached hydrogens (tertiary/aromatic N) is 6. The van der Waals surface area contributed by atoms with Crippen molar-refractivity contribution >= 4 is 35.3 Å². The van der Waals surface area contributed by atoms with E-state index in [-0.39, 0.29) is 17.3 Å². The van der Waals surface area contributed by atoms with Crippen molar-refractivity contribution in [2.75, 3.05) is 23.7 Å². The topological polar surface area (TPSA) is 119 Å². The molecule has 0 fully saturated rings. The van der Waals surface area contributed by atoms with E-state index in [2.05, 4.69) is 39.5 Å². The number of para-hydroxylation sites is 1. The zero-order valence-electron chi connectivity index (χ0n) is 21.0. The normalized spacial score (nSPS) is 11.0. The van der Waals surface area contributed by atoms with E-state index in [9.17, 15) is 14.9 Å². The molecule has 0 aliphatic carbocycles. The van der Waals surface area contributed by atoms with Gasteiger partial charge in [-0.05, 0) is 43.7 Å². The summed E-state index contributed by atoms with van der Waals surface area (Å²) in [6, 6.07) is 23.6. The molecule has 0 aliphatic rings. The fourth-order valence-corrected chi connectivity index (χ4v) is 4.56. The number of thioether (sulfide) groups is 1. The highest BCUT2D eigenvalue weighted by Gasteiger charge is 2.19. The van der Waals surface area contributed by atoms with Gasteiger partial charge in [0.25, 0.3) is 11.6 Å². The minimum Gasteiger partial charge on any atom is -0.372 e. The number of hydrazone groups is 1. The van der Waals surface area contributed by atoms with Crippen LogP contribution >= 0.6 is 11.8 Å². The number of amides is 1. The van der Waals surface area contributed by atoms with Gasteiger partial charge in [-0.1, -0.05) is 54.2 Å². The number of nitrogens with one attached hydrogen (secondary N) is 1. The van der Waals surface area contributed by atoms with Gasteiger partial charge in [-0.15, -0.1) is 10.2 Å². The number of nitro benzene ring substituents is 1. The van der Waals surface area contributed by atoms with E-state index in [4.69, 9.17) is 0 Å². The number of non-ortho nitro benzene ring substituents is 1. The molecule has 1 heterocycles. The summed E-state index contributed by atoms with van der Waals surface area (Å²) in [6.45, 7) is 6.09. The number of benzene rings is 3. The molecule has 3 aromatic carbocycles. The van der Waals surface area contributed by atoms with E-state index >= 15 is 0 Å². The van der Waals surface area contributed by atoms with E-state index in [1.54, 1.807) is 22.9 Å². The van der Waals surface area contributed by atoms with Crippen molar-refractivity contribution in [1.29, 1.82) is 0 Å². The van der Waals surface area contributed by atoms with Crippen LogP contribution in [0.25, 0.3) is 17.1 Å². The van der Waals surface area contributed by atoms with Gasteiger partial charge in [0.1, 0.15) is 0 Å². The molecule has 0 atom stereocenters. The molecule has 1 N–H and O–H groups in total. The number of carbonyl (C=O) groups excluding carboxylic acids is 1. The van der Waals surface area contributed by atoms with Crippen LogP contribution in [-0.2, 0) is 4.79 Å². The summed E-state index contributed by atoms with van der Waals surface area (Å²) in [5.41, 5.74) is 5.83. The average molecular weight is 530 g/mol. The first kappa shape index (κ1) is 26.6. The predicted molar refractivity (Wildman–Crippen MR) is 150 cm³/mol. The molecule has 0 aliphatic heterocycles. The summed E-state index contributed by atoms with van der Waals surface area (Å²) in [5.74, 6) is 0.192. The number of anilines is 1. The van der Waals surface area contributed by atoms with Gasteiger partial charge in [0, 0.05) is 42.2 Å². The van der Waals surface area contributed by atoms with E-state index in [1.807, 2.05) is 54.6 Å². The lowest BCUT2D eigenvalue weighted by Gasteiger charge is -2.20. The van der Waals surface area contributed by atoms with Gasteiger partial charge in [-0.2, -0.15) is 5.10 Å². The Kier molecular flexibility index (Phi) is 8.83. The molecule has 10 nitrogen and oxygen atoms in total. The van der Waals surface area contributed by atoms with E-state index < -0.39 is 4.92 Å². The van der Waals surface area contributed by atoms with Crippen molar-refractivity contribution in [3.8, 4) is 17.1 Å². The number of nitro groups is 1. The van der Waals surface area contributed by atoms with Crippen LogP contribution in [0.5, 0.6) is 0 Å². The molecule has 0 radical (unpaired) electrons. The third-order valence-electron chi connectivity index (χ3n) is 5.72. The first-order valence-electron chi connectivity index (χ1n) is 12.1. The van der Waals surface area contributed by atoms with Gasteiger partial charge in [-0.3, -0.25) is 19.5 Å². The number of aromatic nitrogens is 3. The molecule has 194 valence electrons. The summed E-state index contributed by atoms with van der Waals surface area (Å²) in [7, 11) is 0. The van der Waals surface area contributed by atoms with Gasteiger partial charge in [-0.25, -0.2) is 5.43 Å². The maximum Gasteiger partial charge on any atom is 0.270 e. The molecule has 0 saturated heterocycles. The average Bonchev–Trinajstić information content (AvgIpc) is 3.38. The van der Waals surface area contributed by atoms with Gasteiger partial charge in [0.05, 0.1) is 16.9 Å². The Labute approximate surface area is 224 Å². The van der Waals surface area contributed by atoms with Crippen LogP contribution in [0.2, 0.25) is 0 Å². The van der Waals surface area contributed by atoms with E-state index in [0.717, 1.165) is 30.0 Å². The second-order valence-electron chi connectivity index (χ2n) is 8.13. The van der Waals surface area contributed by atoms with E-state index in [0.29, 0.717) is 16.5 Å². The molecule has 0 bridgehead atoms. The van der Waals surface area contributed by atoms with Crippen LogP contribution in [-0.4, -0.2) is 50.7 Å². The van der Waals surface area contributed by atoms with Gasteiger partial charge in [0.15, 0.2) is 11.0 Å². The molecule has 4 aromatic rings. The zero-order chi connectivity index (χ0) is 26.9. The predicted octanol–water partition coefficient (Wildman–Crippen LogP) is 4.93. The fourth-order valence-electron chi connectivity index (χ4n) is 3.82. The quantitative estimate of drug-likeness (QED) is 0.127. The Morgan fingerprint density at radius 2 is 1.79 bits per heavy atom. The minimum atomic E-state index is -0.452. The molecule has 11 heteroatoms. The Morgan fingerprint density at radius 1 is 1.05 bits per heavy atom. The van der Waals surface area contributed by atoms with Crippen molar-refractivity contribution in [1.82, 2.24) is 20.2 Å². The van der Waals surface area contributed by atoms with Crippen LogP contribution in [0.1, 0.15) is 19.4 Å². The molecule has 38 heavy (non-hydrogen) atoms. The smallest absolute Gasteiger partial charge is 0.270 e. The first-order valence-corrected chi connectivity index (χ1v) is 13.0. The largest absolute Gasteiger partial charge is 0.372 e. The monoisotopic (exact) mass is 529 g/mol. The van der Waals surface area contributed by atoms with Crippen molar-refractivity contribution in [2.45, 2.75) is 19.0 Å². The molecular weight excluding hydrogens is 502 g/mol. The SMILES string of the molecule is CCN(CC)c1ccc(/C=N\NC(=O)CSc2nnc(-c3cccc([N+](=O)[O-])c3)n2-c2ccccc2)cc1. The van der Waals surface area contributed by atoms with Crippen LogP contribution in [0.3, 0.4) is 0 Å². The van der Waals surface area contributed by atoms with Gasteiger partial charge in [0.2, 0.25) is 0 Å². The number of rotatable bonds is 11. The molecule has 4 rings (SSSR count). The summed E-state index contributed by atoms with van der Waals surface area (Å²) in [4.78, 5) is 25.6. The maximum atomic E-state index is 12.5. The molecular formula is C27H27N7O3S. The lowest BCUT2D eigenvalue weighted by Crippen LogP contribution is -2.21. The third-order valence-corrected chi connectivity index (χ3v) is 6.65. The second-order valence-corrected chi connectivity index (χ2v) is 9.07. The fraction of sp³-hybridized carbons (Fsp3) is 0.185. The summed E-state index contributed by atoms with van der Waals surface area (Å²) < 4.78 is 1.78. The number of carbonyl (C=O) groups is 1. The molecule has 1 aromatic heterocycles. The third kappa shape index (κ3) is 6.43. The van der Waals surface area contributed by atoms with Gasteiger partial charge >= 0.3 is 0 Å². The standard InChI is InChI=1S/C27H27N7O3S/c1-3-32(4-2)22-15-13-20(14-16-22)18-28-29-25(35)19-38-27-31-30-26(33(27)23-10-6-5-7-11-23)21-9-8-12-24(17-21)34(36)37/h5-18H,3-4,19H2,1-2H3,(H,29,35)/b28-18-. The Bertz CT molecular complexity index is 1420. The Balaban J connectivity index is 1.45. The van der Waals surface area contributed by atoms with Crippen molar-refractivity contribution in [3.05, 3.63) is 94.5 Å². The van der Waals surface area contributed by atoms with Crippen molar-refractivity contribution < 1.29 is 9.72 Å². The lowest BCUT2D eigenvalue weighted by molar-refractivity contribution is -0.384. The highest BCUT2D eigenvalue weighted by atomic mass is 32.2. The molecule has 0 unspecified atom stereocenters. The number of hydrogen-bond acceptors (Lipinski definition) is 8. The molecule has 0 spiro atoms.